The predicted octanol–water partition coefficient (Wildman–Crippen LogP) is 3.48. The lowest BCUT2D eigenvalue weighted by Crippen LogP contribution is -2.35. The number of amides is 1. The van der Waals surface area contributed by atoms with E-state index in [9.17, 15) is 9.59 Å². The number of rotatable bonds is 7. The molecule has 0 aromatic heterocycles. The number of aryl methyl sites for hydroxylation is 1. The van der Waals surface area contributed by atoms with E-state index < -0.39 is 5.97 Å². The quantitative estimate of drug-likeness (QED) is 0.731. The SMILES string of the molecule is O=C(O)C1CCC(C(=O)NCCCOC2CCCc3ccccc32)CC1. The molecule has 5 heteroatoms. The van der Waals surface area contributed by atoms with Crippen LogP contribution in [0.4, 0.5) is 0 Å². The third-order valence-corrected chi connectivity index (χ3v) is 5.70. The normalized spacial score (nSPS) is 25.3. The first kappa shape index (κ1) is 18.9. The van der Waals surface area contributed by atoms with E-state index in [0.29, 0.717) is 38.8 Å². The molecule has 5 nitrogen and oxygen atoms in total. The Morgan fingerprint density at radius 3 is 2.58 bits per heavy atom. The Balaban J connectivity index is 1.33. The number of carbonyl (C=O) groups is 2. The van der Waals surface area contributed by atoms with E-state index in [0.717, 1.165) is 25.7 Å². The van der Waals surface area contributed by atoms with E-state index >= 15 is 0 Å². The molecule has 1 amide bonds. The fourth-order valence-corrected chi connectivity index (χ4v) is 4.14. The Bertz CT molecular complexity index is 622. The molecule has 0 aliphatic heterocycles. The van der Waals surface area contributed by atoms with Crippen molar-refractivity contribution in [2.24, 2.45) is 11.8 Å². The van der Waals surface area contributed by atoms with Gasteiger partial charge in [0.15, 0.2) is 0 Å². The maximum atomic E-state index is 12.2. The molecule has 1 fully saturated rings. The highest BCUT2D eigenvalue weighted by molar-refractivity contribution is 5.79. The zero-order valence-corrected chi connectivity index (χ0v) is 15.3. The molecular weight excluding hydrogens is 330 g/mol. The summed E-state index contributed by atoms with van der Waals surface area (Å²) in [6, 6.07) is 8.50. The van der Waals surface area contributed by atoms with E-state index in [1.54, 1.807) is 0 Å². The van der Waals surface area contributed by atoms with Crippen LogP contribution in [0.25, 0.3) is 0 Å². The third-order valence-electron chi connectivity index (χ3n) is 5.70. The van der Waals surface area contributed by atoms with Crippen molar-refractivity contribution in [2.45, 2.75) is 57.5 Å². The van der Waals surface area contributed by atoms with Crippen molar-refractivity contribution in [3.05, 3.63) is 35.4 Å². The maximum absolute atomic E-state index is 12.2. The van der Waals surface area contributed by atoms with Gasteiger partial charge in [-0.25, -0.2) is 0 Å². The van der Waals surface area contributed by atoms with Crippen LogP contribution in [0.2, 0.25) is 0 Å². The summed E-state index contributed by atoms with van der Waals surface area (Å²) in [4.78, 5) is 23.2. The molecule has 1 atom stereocenters. The number of aliphatic carboxylic acids is 1. The first-order chi connectivity index (χ1) is 12.6. The second-order valence-electron chi connectivity index (χ2n) is 7.48. The van der Waals surface area contributed by atoms with Gasteiger partial charge in [-0.3, -0.25) is 9.59 Å². The first-order valence-electron chi connectivity index (χ1n) is 9.85. The number of hydrogen-bond acceptors (Lipinski definition) is 3. The van der Waals surface area contributed by atoms with Gasteiger partial charge in [-0.05, 0) is 62.5 Å². The summed E-state index contributed by atoms with van der Waals surface area (Å²) in [6.07, 6.45) is 6.92. The Morgan fingerprint density at radius 2 is 1.81 bits per heavy atom. The molecule has 0 bridgehead atoms. The molecule has 142 valence electrons. The van der Waals surface area contributed by atoms with E-state index in [2.05, 4.69) is 29.6 Å². The van der Waals surface area contributed by atoms with Gasteiger partial charge >= 0.3 is 5.97 Å². The molecule has 0 spiro atoms. The minimum atomic E-state index is -0.731. The topological polar surface area (TPSA) is 75.6 Å². The molecular formula is C21H29NO4. The van der Waals surface area contributed by atoms with Gasteiger partial charge in [-0.2, -0.15) is 0 Å². The van der Waals surface area contributed by atoms with E-state index in [1.807, 2.05) is 0 Å². The number of carboxylic acid groups (broad SMARTS) is 1. The summed E-state index contributed by atoms with van der Waals surface area (Å²) in [7, 11) is 0. The first-order valence-corrected chi connectivity index (χ1v) is 9.85. The van der Waals surface area contributed by atoms with Crippen molar-refractivity contribution in [1.82, 2.24) is 5.32 Å². The monoisotopic (exact) mass is 359 g/mol. The Morgan fingerprint density at radius 1 is 1.08 bits per heavy atom. The van der Waals surface area contributed by atoms with Crippen molar-refractivity contribution in [3.8, 4) is 0 Å². The Hall–Kier alpha value is -1.88. The molecule has 1 unspecified atom stereocenters. The molecule has 26 heavy (non-hydrogen) atoms. The minimum Gasteiger partial charge on any atom is -0.481 e. The van der Waals surface area contributed by atoms with Crippen LogP contribution in [0, 0.1) is 11.8 Å². The second-order valence-corrected chi connectivity index (χ2v) is 7.48. The van der Waals surface area contributed by atoms with Crippen LogP contribution in [-0.4, -0.2) is 30.1 Å². The molecule has 1 aromatic carbocycles. The molecule has 2 N–H and O–H groups in total. The fraction of sp³-hybridized carbons (Fsp3) is 0.619. The smallest absolute Gasteiger partial charge is 0.306 e. The molecule has 0 heterocycles. The van der Waals surface area contributed by atoms with Gasteiger partial charge in [0.2, 0.25) is 5.91 Å². The second kappa shape index (κ2) is 9.17. The number of fused-ring (bicyclic) bond motifs is 1. The Labute approximate surface area is 155 Å². The van der Waals surface area contributed by atoms with E-state index in [-0.39, 0.29) is 23.8 Å². The fourth-order valence-electron chi connectivity index (χ4n) is 4.14. The number of nitrogens with one attached hydrogen (secondary N) is 1. The highest BCUT2D eigenvalue weighted by Crippen LogP contribution is 2.32. The van der Waals surface area contributed by atoms with E-state index in [1.165, 1.54) is 11.1 Å². The molecule has 1 saturated carbocycles. The highest BCUT2D eigenvalue weighted by Gasteiger charge is 2.29. The summed E-state index contributed by atoms with van der Waals surface area (Å²) in [5.74, 6) is -0.968. The van der Waals surface area contributed by atoms with Crippen LogP contribution in [0.3, 0.4) is 0 Å². The molecule has 2 aliphatic rings. The lowest BCUT2D eigenvalue weighted by Gasteiger charge is -2.26. The maximum Gasteiger partial charge on any atom is 0.306 e. The zero-order valence-electron chi connectivity index (χ0n) is 15.3. The summed E-state index contributed by atoms with van der Waals surface area (Å²) in [5, 5.41) is 12.0. The van der Waals surface area contributed by atoms with Crippen molar-refractivity contribution < 1.29 is 19.4 Å². The van der Waals surface area contributed by atoms with Crippen LogP contribution in [0.1, 0.15) is 62.2 Å². The number of ether oxygens (including phenoxy) is 1. The van der Waals surface area contributed by atoms with Crippen molar-refractivity contribution in [2.75, 3.05) is 13.2 Å². The standard InChI is InChI=1S/C21H29NO4/c23-20(16-9-11-17(12-10-16)21(24)25)22-13-4-14-26-19-8-3-6-15-5-1-2-7-18(15)19/h1-2,5,7,16-17,19H,3-4,6,8-14H2,(H,22,23)(H,24,25). The van der Waals surface area contributed by atoms with Gasteiger partial charge in [0.25, 0.3) is 0 Å². The molecule has 0 radical (unpaired) electrons. The van der Waals surface area contributed by atoms with Crippen molar-refractivity contribution in [3.63, 3.8) is 0 Å². The summed E-state index contributed by atoms with van der Waals surface area (Å²) < 4.78 is 6.06. The number of carbonyl (C=O) groups excluding carboxylic acids is 1. The van der Waals surface area contributed by atoms with Crippen LogP contribution >= 0.6 is 0 Å². The molecule has 3 rings (SSSR count). The van der Waals surface area contributed by atoms with Gasteiger partial charge in [-0.1, -0.05) is 24.3 Å². The third kappa shape index (κ3) is 4.85. The minimum absolute atomic E-state index is 0.0308. The molecule has 0 saturated heterocycles. The van der Waals surface area contributed by atoms with Gasteiger partial charge in [0, 0.05) is 19.1 Å². The molecule has 2 aliphatic carbocycles. The van der Waals surface area contributed by atoms with E-state index in [4.69, 9.17) is 9.84 Å². The number of hydrogen-bond donors (Lipinski definition) is 2. The summed E-state index contributed by atoms with van der Waals surface area (Å²) in [6.45, 7) is 1.26. The van der Waals surface area contributed by atoms with Gasteiger partial charge in [-0.15, -0.1) is 0 Å². The average molecular weight is 359 g/mol. The lowest BCUT2D eigenvalue weighted by atomic mass is 9.81. The van der Waals surface area contributed by atoms with Crippen LogP contribution in [0.5, 0.6) is 0 Å². The largest absolute Gasteiger partial charge is 0.481 e. The van der Waals surface area contributed by atoms with Gasteiger partial charge < -0.3 is 15.2 Å². The Kier molecular flexibility index (Phi) is 6.67. The van der Waals surface area contributed by atoms with Crippen LogP contribution in [0.15, 0.2) is 24.3 Å². The highest BCUT2D eigenvalue weighted by atomic mass is 16.5. The van der Waals surface area contributed by atoms with Crippen LogP contribution < -0.4 is 5.32 Å². The lowest BCUT2D eigenvalue weighted by molar-refractivity contribution is -0.144. The van der Waals surface area contributed by atoms with Crippen LogP contribution in [-0.2, 0) is 20.7 Å². The summed E-state index contributed by atoms with van der Waals surface area (Å²) >= 11 is 0. The van der Waals surface area contributed by atoms with Crippen molar-refractivity contribution in [1.29, 1.82) is 0 Å². The zero-order chi connectivity index (χ0) is 18.4. The molecule has 1 aromatic rings. The number of carboxylic acids is 1. The van der Waals surface area contributed by atoms with Gasteiger partial charge in [0.1, 0.15) is 0 Å². The predicted molar refractivity (Wildman–Crippen MR) is 98.8 cm³/mol. The van der Waals surface area contributed by atoms with Crippen molar-refractivity contribution >= 4 is 11.9 Å². The number of benzene rings is 1. The van der Waals surface area contributed by atoms with Gasteiger partial charge in [0.05, 0.1) is 12.0 Å². The summed E-state index contributed by atoms with van der Waals surface area (Å²) in [5.41, 5.74) is 2.71. The average Bonchev–Trinajstić information content (AvgIpc) is 2.67.